The number of halogens is 1. The molecule has 0 saturated carbocycles. The molecule has 3 aromatic rings. The summed E-state index contributed by atoms with van der Waals surface area (Å²) in [6, 6.07) is 16.2. The Hall–Kier alpha value is -3.45. The fraction of sp³-hybridized carbons (Fsp3) is 0.143. The van der Waals surface area contributed by atoms with E-state index in [0.29, 0.717) is 16.9 Å². The van der Waals surface area contributed by atoms with Crippen LogP contribution in [0.25, 0.3) is 11.3 Å². The largest absolute Gasteiger partial charge is 0.464 e. The molecule has 1 atom stereocenters. The molecule has 1 unspecified atom stereocenters. The molecule has 7 heteroatoms. The lowest BCUT2D eigenvalue weighted by Gasteiger charge is -2.13. The summed E-state index contributed by atoms with van der Waals surface area (Å²) in [5, 5.41) is 15.0. The number of aliphatic hydroxyl groups excluding tert-OH is 1. The van der Waals surface area contributed by atoms with Crippen molar-refractivity contribution in [2.75, 3.05) is 6.54 Å². The lowest BCUT2D eigenvalue weighted by molar-refractivity contribution is -0.139. The van der Waals surface area contributed by atoms with Crippen molar-refractivity contribution in [2.45, 2.75) is 12.6 Å². The van der Waals surface area contributed by atoms with Crippen LogP contribution in [0.4, 0.5) is 4.39 Å². The second-order valence-electron chi connectivity index (χ2n) is 6.13. The predicted octanol–water partition coefficient (Wildman–Crippen LogP) is 2.55. The van der Waals surface area contributed by atoms with Crippen molar-refractivity contribution in [1.82, 2.24) is 10.6 Å². The molecule has 0 saturated heterocycles. The van der Waals surface area contributed by atoms with Gasteiger partial charge in [-0.1, -0.05) is 36.4 Å². The second-order valence-corrected chi connectivity index (χ2v) is 6.13. The van der Waals surface area contributed by atoms with Crippen molar-refractivity contribution in [2.24, 2.45) is 0 Å². The Labute approximate surface area is 161 Å². The van der Waals surface area contributed by atoms with Gasteiger partial charge in [0.05, 0.1) is 12.4 Å². The van der Waals surface area contributed by atoms with Gasteiger partial charge in [0.15, 0.2) is 0 Å². The molecular weight excluding hydrogens is 363 g/mol. The first-order chi connectivity index (χ1) is 13.5. The summed E-state index contributed by atoms with van der Waals surface area (Å²) in [4.78, 5) is 23.7. The quantitative estimate of drug-likeness (QED) is 0.572. The molecule has 0 aliphatic rings. The first-order valence-electron chi connectivity index (χ1n) is 8.65. The Morgan fingerprint density at radius 2 is 1.64 bits per heavy atom. The Balaban J connectivity index is 1.46. The van der Waals surface area contributed by atoms with Crippen LogP contribution in [0.1, 0.15) is 17.2 Å². The van der Waals surface area contributed by atoms with E-state index < -0.39 is 17.9 Å². The van der Waals surface area contributed by atoms with Gasteiger partial charge in [-0.2, -0.15) is 0 Å². The zero-order valence-corrected chi connectivity index (χ0v) is 14.9. The van der Waals surface area contributed by atoms with Gasteiger partial charge in [-0.3, -0.25) is 9.59 Å². The van der Waals surface area contributed by atoms with Crippen molar-refractivity contribution in [1.29, 1.82) is 0 Å². The number of carbonyl (C=O) groups excluding carboxylic acids is 2. The van der Waals surface area contributed by atoms with Crippen LogP contribution in [0.5, 0.6) is 0 Å². The second kappa shape index (κ2) is 8.96. The van der Waals surface area contributed by atoms with Crippen molar-refractivity contribution in [3.05, 3.63) is 83.9 Å². The average molecular weight is 382 g/mol. The van der Waals surface area contributed by atoms with Gasteiger partial charge in [0.25, 0.3) is 0 Å². The number of amides is 2. The third kappa shape index (κ3) is 5.05. The summed E-state index contributed by atoms with van der Waals surface area (Å²) in [7, 11) is 0. The monoisotopic (exact) mass is 382 g/mol. The molecule has 2 amide bonds. The highest BCUT2D eigenvalue weighted by atomic mass is 19.1. The molecule has 0 fully saturated rings. The molecule has 144 valence electrons. The van der Waals surface area contributed by atoms with Gasteiger partial charge in [0.2, 0.25) is 0 Å². The van der Waals surface area contributed by atoms with Crippen molar-refractivity contribution < 1.29 is 23.5 Å². The number of furan rings is 1. The van der Waals surface area contributed by atoms with Gasteiger partial charge < -0.3 is 20.2 Å². The van der Waals surface area contributed by atoms with E-state index in [-0.39, 0.29) is 18.9 Å². The number of hydrogen-bond donors (Lipinski definition) is 3. The van der Waals surface area contributed by atoms with E-state index in [2.05, 4.69) is 10.6 Å². The minimum absolute atomic E-state index is 0.101. The van der Waals surface area contributed by atoms with Gasteiger partial charge in [-0.05, 0) is 35.4 Å². The van der Waals surface area contributed by atoms with Crippen molar-refractivity contribution in [3.8, 4) is 11.3 Å². The minimum atomic E-state index is -0.959. The van der Waals surface area contributed by atoms with Crippen LogP contribution >= 0.6 is 0 Å². The summed E-state index contributed by atoms with van der Waals surface area (Å²) in [6.07, 6.45) is 0.619. The fourth-order valence-corrected chi connectivity index (χ4v) is 2.56. The normalized spacial score (nSPS) is 11.6. The lowest BCUT2D eigenvalue weighted by atomic mass is 10.1. The molecule has 0 aliphatic carbocycles. The highest BCUT2D eigenvalue weighted by molar-refractivity contribution is 6.35. The lowest BCUT2D eigenvalue weighted by Crippen LogP contribution is -2.41. The molecule has 28 heavy (non-hydrogen) atoms. The van der Waals surface area contributed by atoms with E-state index in [0.717, 1.165) is 5.56 Å². The maximum Gasteiger partial charge on any atom is 0.309 e. The highest BCUT2D eigenvalue weighted by Gasteiger charge is 2.15. The van der Waals surface area contributed by atoms with Crippen LogP contribution in [0.2, 0.25) is 0 Å². The van der Waals surface area contributed by atoms with E-state index in [1.807, 2.05) is 6.07 Å². The summed E-state index contributed by atoms with van der Waals surface area (Å²) in [5.41, 5.74) is 2.13. The first-order valence-corrected chi connectivity index (χ1v) is 8.65. The Kier molecular flexibility index (Phi) is 6.18. The number of nitrogens with one attached hydrogen (secondary N) is 2. The number of aliphatic hydroxyl groups is 1. The molecule has 0 aliphatic heterocycles. The van der Waals surface area contributed by atoms with E-state index in [9.17, 15) is 19.1 Å². The predicted molar refractivity (Wildman–Crippen MR) is 100 cm³/mol. The summed E-state index contributed by atoms with van der Waals surface area (Å²) in [6.45, 7) is -0.00771. The van der Waals surface area contributed by atoms with Crippen LogP contribution in [0.15, 0.2) is 71.3 Å². The van der Waals surface area contributed by atoms with Crippen LogP contribution in [0, 0.1) is 5.82 Å². The molecule has 1 aromatic heterocycles. The SMILES string of the molecule is O=C(NCc1ccc(F)cc1)C(=O)NCC(O)c1ccc(-c2ccco2)cc1. The molecular formula is C21H19FN2O4. The summed E-state index contributed by atoms with van der Waals surface area (Å²) >= 11 is 0. The number of carbonyl (C=O) groups is 2. The Bertz CT molecular complexity index is 922. The molecule has 3 N–H and O–H groups in total. The van der Waals surface area contributed by atoms with Crippen LogP contribution < -0.4 is 10.6 Å². The Morgan fingerprint density at radius 1 is 0.964 bits per heavy atom. The first kappa shape index (κ1) is 19.3. The zero-order valence-electron chi connectivity index (χ0n) is 14.9. The summed E-state index contributed by atoms with van der Waals surface area (Å²) in [5.74, 6) is -1.34. The van der Waals surface area contributed by atoms with Gasteiger partial charge in [-0.15, -0.1) is 0 Å². The Morgan fingerprint density at radius 3 is 2.29 bits per heavy atom. The minimum Gasteiger partial charge on any atom is -0.464 e. The smallest absolute Gasteiger partial charge is 0.309 e. The van der Waals surface area contributed by atoms with Crippen LogP contribution in [-0.4, -0.2) is 23.5 Å². The molecule has 3 rings (SSSR count). The molecule has 0 radical (unpaired) electrons. The average Bonchev–Trinajstić information content (AvgIpc) is 3.26. The zero-order chi connectivity index (χ0) is 19.9. The number of benzene rings is 2. The van der Waals surface area contributed by atoms with Gasteiger partial charge in [0, 0.05) is 18.7 Å². The maximum absolute atomic E-state index is 12.8. The molecule has 1 heterocycles. The molecule has 2 aromatic carbocycles. The fourth-order valence-electron chi connectivity index (χ4n) is 2.56. The molecule has 0 bridgehead atoms. The maximum atomic E-state index is 12.8. The third-order valence-corrected chi connectivity index (χ3v) is 4.13. The topological polar surface area (TPSA) is 91.6 Å². The van der Waals surface area contributed by atoms with Gasteiger partial charge >= 0.3 is 11.8 Å². The van der Waals surface area contributed by atoms with Crippen LogP contribution in [0.3, 0.4) is 0 Å². The van der Waals surface area contributed by atoms with E-state index in [1.54, 1.807) is 36.6 Å². The van der Waals surface area contributed by atoms with Crippen molar-refractivity contribution in [3.63, 3.8) is 0 Å². The van der Waals surface area contributed by atoms with E-state index in [1.165, 1.54) is 24.3 Å². The van der Waals surface area contributed by atoms with Crippen LogP contribution in [-0.2, 0) is 16.1 Å². The highest BCUT2D eigenvalue weighted by Crippen LogP contribution is 2.22. The van der Waals surface area contributed by atoms with Gasteiger partial charge in [0.1, 0.15) is 11.6 Å². The van der Waals surface area contributed by atoms with Crippen molar-refractivity contribution >= 4 is 11.8 Å². The van der Waals surface area contributed by atoms with Gasteiger partial charge in [-0.25, -0.2) is 4.39 Å². The molecule has 6 nitrogen and oxygen atoms in total. The van der Waals surface area contributed by atoms with E-state index >= 15 is 0 Å². The number of rotatable bonds is 6. The summed E-state index contributed by atoms with van der Waals surface area (Å²) < 4.78 is 18.1. The number of hydrogen-bond acceptors (Lipinski definition) is 4. The van der Waals surface area contributed by atoms with E-state index in [4.69, 9.17) is 4.42 Å². The molecule has 0 spiro atoms. The standard InChI is InChI=1S/C21H19FN2O4/c22-17-9-3-14(4-10-17)12-23-20(26)21(27)24-13-18(25)15-5-7-16(8-6-15)19-2-1-11-28-19/h1-11,18,25H,12-13H2,(H,23,26)(H,24,27). The third-order valence-electron chi connectivity index (χ3n) is 4.13.